The molecule has 8 nitrogen and oxygen atoms in total. The van der Waals surface area contributed by atoms with E-state index < -0.39 is 5.91 Å². The van der Waals surface area contributed by atoms with Crippen LogP contribution in [-0.2, 0) is 7.05 Å². The molecule has 0 unspecified atom stereocenters. The normalized spacial score (nSPS) is 12.1. The first-order chi connectivity index (χ1) is 13.0. The number of carbonyl (C=O) groups excluding carboxylic acids is 1. The Kier molecular flexibility index (Phi) is 5.27. The van der Waals surface area contributed by atoms with Crippen LogP contribution in [0.15, 0.2) is 41.5 Å². The van der Waals surface area contributed by atoms with Crippen molar-refractivity contribution in [3.63, 3.8) is 0 Å². The number of aliphatic hydroxyl groups is 1. The number of aromatic nitrogens is 3. The molecule has 2 heterocycles. The Bertz CT molecular complexity index is 1020. The molecule has 142 valence electrons. The highest BCUT2D eigenvalue weighted by atomic mass is 16.5. The van der Waals surface area contributed by atoms with E-state index in [9.17, 15) is 14.7 Å². The lowest BCUT2D eigenvalue weighted by Crippen LogP contribution is -2.37. The van der Waals surface area contributed by atoms with E-state index in [1.807, 2.05) is 31.2 Å². The van der Waals surface area contributed by atoms with Crippen LogP contribution in [0, 0.1) is 0 Å². The Balaban J connectivity index is 2.03. The number of rotatable bonds is 6. The summed E-state index contributed by atoms with van der Waals surface area (Å²) in [4.78, 5) is 29.2. The predicted molar refractivity (Wildman–Crippen MR) is 101 cm³/mol. The smallest absolute Gasteiger partial charge is 0.294 e. The molecule has 1 atom stereocenters. The summed E-state index contributed by atoms with van der Waals surface area (Å²) in [5.41, 5.74) is 1.50. The second-order valence-corrected chi connectivity index (χ2v) is 6.23. The van der Waals surface area contributed by atoms with Crippen LogP contribution in [0.4, 0.5) is 0 Å². The van der Waals surface area contributed by atoms with Gasteiger partial charge in [0.05, 0.1) is 25.5 Å². The molecule has 1 amide bonds. The van der Waals surface area contributed by atoms with Gasteiger partial charge in [0.15, 0.2) is 0 Å². The van der Waals surface area contributed by atoms with Gasteiger partial charge in [0, 0.05) is 25.0 Å². The standard InChI is InChI=1S/C19H22N4O4/c1-4-13(11-24)20-18(25)15-9-23-10-16(22(2)19(26)17(23)21-15)12-5-7-14(27-3)8-6-12/h5-10,13,24H,4,11H2,1-3H3,(H,20,25)/t13-/m1/s1. The first-order valence-electron chi connectivity index (χ1n) is 8.63. The molecule has 1 aromatic carbocycles. The minimum absolute atomic E-state index is 0.130. The van der Waals surface area contributed by atoms with E-state index in [4.69, 9.17) is 4.74 Å². The third-order valence-corrected chi connectivity index (χ3v) is 4.52. The lowest BCUT2D eigenvalue weighted by atomic mass is 10.1. The summed E-state index contributed by atoms with van der Waals surface area (Å²) in [5.74, 6) is 0.299. The largest absolute Gasteiger partial charge is 0.497 e. The molecule has 2 N–H and O–H groups in total. The van der Waals surface area contributed by atoms with E-state index in [2.05, 4.69) is 10.3 Å². The van der Waals surface area contributed by atoms with E-state index in [0.717, 1.165) is 11.3 Å². The molecule has 0 aliphatic heterocycles. The highest BCUT2D eigenvalue weighted by Crippen LogP contribution is 2.21. The second kappa shape index (κ2) is 7.63. The van der Waals surface area contributed by atoms with E-state index in [1.165, 1.54) is 10.8 Å². The van der Waals surface area contributed by atoms with Crippen molar-refractivity contribution in [1.82, 2.24) is 19.3 Å². The molecular formula is C19H22N4O4. The van der Waals surface area contributed by atoms with Gasteiger partial charge in [0.1, 0.15) is 11.4 Å². The zero-order valence-electron chi connectivity index (χ0n) is 15.5. The van der Waals surface area contributed by atoms with Crippen LogP contribution in [-0.4, -0.2) is 44.7 Å². The van der Waals surface area contributed by atoms with E-state index in [0.29, 0.717) is 12.1 Å². The maximum Gasteiger partial charge on any atom is 0.294 e. The van der Waals surface area contributed by atoms with Crippen molar-refractivity contribution in [3.8, 4) is 17.0 Å². The lowest BCUT2D eigenvalue weighted by Gasteiger charge is -2.12. The van der Waals surface area contributed by atoms with Gasteiger partial charge in [-0.15, -0.1) is 0 Å². The van der Waals surface area contributed by atoms with Crippen LogP contribution < -0.4 is 15.6 Å². The molecule has 0 aliphatic rings. The number of amides is 1. The third kappa shape index (κ3) is 3.56. The molecular weight excluding hydrogens is 348 g/mol. The number of carbonyl (C=O) groups is 1. The molecule has 3 rings (SSSR count). The van der Waals surface area contributed by atoms with Crippen molar-refractivity contribution in [2.24, 2.45) is 7.05 Å². The van der Waals surface area contributed by atoms with E-state index in [1.54, 1.807) is 24.8 Å². The van der Waals surface area contributed by atoms with Crippen molar-refractivity contribution < 1.29 is 14.6 Å². The van der Waals surface area contributed by atoms with Crippen LogP contribution >= 0.6 is 0 Å². The van der Waals surface area contributed by atoms with Gasteiger partial charge in [-0.1, -0.05) is 6.92 Å². The highest BCUT2D eigenvalue weighted by molar-refractivity contribution is 5.93. The fraction of sp³-hybridized carbons (Fsp3) is 0.316. The Labute approximate surface area is 156 Å². The van der Waals surface area contributed by atoms with Crippen molar-refractivity contribution in [1.29, 1.82) is 0 Å². The van der Waals surface area contributed by atoms with Gasteiger partial charge < -0.3 is 19.7 Å². The number of nitrogens with zero attached hydrogens (tertiary/aromatic N) is 3. The molecule has 8 heteroatoms. The van der Waals surface area contributed by atoms with Gasteiger partial charge in [-0.05, 0) is 30.7 Å². The van der Waals surface area contributed by atoms with Crippen LogP contribution in [0.3, 0.4) is 0 Å². The van der Waals surface area contributed by atoms with E-state index in [-0.39, 0.29) is 29.5 Å². The first kappa shape index (κ1) is 18.7. The Morgan fingerprint density at radius 2 is 2.00 bits per heavy atom. The Morgan fingerprint density at radius 1 is 1.30 bits per heavy atom. The fourth-order valence-corrected chi connectivity index (χ4v) is 2.80. The molecule has 0 saturated heterocycles. The van der Waals surface area contributed by atoms with Gasteiger partial charge in [0.2, 0.25) is 5.65 Å². The Morgan fingerprint density at radius 3 is 2.59 bits per heavy atom. The molecule has 0 bridgehead atoms. The fourth-order valence-electron chi connectivity index (χ4n) is 2.80. The number of hydrogen-bond acceptors (Lipinski definition) is 5. The number of methoxy groups -OCH3 is 1. The van der Waals surface area contributed by atoms with Crippen LogP contribution in [0.1, 0.15) is 23.8 Å². The number of benzene rings is 1. The number of aliphatic hydroxyl groups excluding tert-OH is 1. The lowest BCUT2D eigenvalue weighted by molar-refractivity contribution is 0.0910. The summed E-state index contributed by atoms with van der Waals surface area (Å²) in [6.07, 6.45) is 3.87. The van der Waals surface area contributed by atoms with E-state index >= 15 is 0 Å². The van der Waals surface area contributed by atoms with Crippen molar-refractivity contribution >= 4 is 11.6 Å². The van der Waals surface area contributed by atoms with Gasteiger partial charge in [0.25, 0.3) is 11.5 Å². The molecule has 3 aromatic rings. The molecule has 0 saturated carbocycles. The predicted octanol–water partition coefficient (Wildman–Crippen LogP) is 1.21. The summed E-state index contributed by atoms with van der Waals surface area (Å²) in [7, 11) is 3.25. The minimum atomic E-state index is -0.423. The summed E-state index contributed by atoms with van der Waals surface area (Å²) in [6, 6.07) is 7.00. The molecule has 2 aromatic heterocycles. The van der Waals surface area contributed by atoms with Gasteiger partial charge in [-0.3, -0.25) is 14.0 Å². The molecule has 0 fully saturated rings. The van der Waals surface area contributed by atoms with Crippen LogP contribution in [0.2, 0.25) is 0 Å². The average molecular weight is 370 g/mol. The summed E-state index contributed by atoms with van der Waals surface area (Å²) in [5, 5.41) is 11.9. The average Bonchev–Trinajstić information content (AvgIpc) is 3.13. The number of imidazole rings is 1. The molecule has 27 heavy (non-hydrogen) atoms. The zero-order chi connectivity index (χ0) is 19.6. The maximum absolute atomic E-state index is 12.7. The first-order valence-corrected chi connectivity index (χ1v) is 8.63. The van der Waals surface area contributed by atoms with Crippen molar-refractivity contribution in [3.05, 3.63) is 52.7 Å². The van der Waals surface area contributed by atoms with Crippen molar-refractivity contribution in [2.45, 2.75) is 19.4 Å². The summed E-state index contributed by atoms with van der Waals surface area (Å²) >= 11 is 0. The minimum Gasteiger partial charge on any atom is -0.497 e. The second-order valence-electron chi connectivity index (χ2n) is 6.23. The number of fused-ring (bicyclic) bond motifs is 1. The molecule has 0 aliphatic carbocycles. The van der Waals surface area contributed by atoms with Gasteiger partial charge in [-0.25, -0.2) is 4.98 Å². The highest BCUT2D eigenvalue weighted by Gasteiger charge is 2.17. The topological polar surface area (TPSA) is 97.9 Å². The van der Waals surface area contributed by atoms with Crippen molar-refractivity contribution in [2.75, 3.05) is 13.7 Å². The maximum atomic E-state index is 12.7. The number of nitrogens with one attached hydrogen (secondary N) is 1. The summed E-state index contributed by atoms with van der Waals surface area (Å²) < 4.78 is 8.21. The molecule has 0 radical (unpaired) electrons. The third-order valence-electron chi connectivity index (χ3n) is 4.52. The Hall–Kier alpha value is -3.13. The zero-order valence-corrected chi connectivity index (χ0v) is 15.5. The van der Waals surface area contributed by atoms with Crippen LogP contribution in [0.5, 0.6) is 5.75 Å². The molecule has 0 spiro atoms. The monoisotopic (exact) mass is 370 g/mol. The summed E-state index contributed by atoms with van der Waals surface area (Å²) in [6.45, 7) is 1.71. The SMILES string of the molecule is CC[C@H](CO)NC(=O)c1cn2cc(-c3ccc(OC)cc3)n(C)c(=O)c2n1. The number of hydrogen-bond donors (Lipinski definition) is 2. The van der Waals surface area contributed by atoms with Crippen LogP contribution in [0.25, 0.3) is 16.9 Å². The number of ether oxygens (including phenoxy) is 1. The van der Waals surface area contributed by atoms with Gasteiger partial charge in [-0.2, -0.15) is 0 Å². The quantitative estimate of drug-likeness (QED) is 0.680. The van der Waals surface area contributed by atoms with Gasteiger partial charge >= 0.3 is 0 Å².